The van der Waals surface area contributed by atoms with Crippen molar-refractivity contribution in [3.8, 4) is 5.75 Å². The Hall–Kier alpha value is -3.88. The first-order valence-corrected chi connectivity index (χ1v) is 11.3. The fourth-order valence-electron chi connectivity index (χ4n) is 3.81. The summed E-state index contributed by atoms with van der Waals surface area (Å²) in [5.41, 5.74) is 2.72. The Morgan fingerprint density at radius 1 is 1.06 bits per heavy atom. The molecule has 3 aromatic rings. The molecule has 0 spiro atoms. The van der Waals surface area contributed by atoms with Crippen LogP contribution in [0.2, 0.25) is 0 Å². The maximum atomic E-state index is 13.1. The quantitative estimate of drug-likeness (QED) is 0.491. The molecule has 0 bridgehead atoms. The summed E-state index contributed by atoms with van der Waals surface area (Å²) in [6, 6.07) is 10.7. The summed E-state index contributed by atoms with van der Waals surface area (Å²) in [7, 11) is 0. The van der Waals surface area contributed by atoms with E-state index < -0.39 is 0 Å². The molecule has 1 saturated heterocycles. The first-order valence-electron chi connectivity index (χ1n) is 11.3. The summed E-state index contributed by atoms with van der Waals surface area (Å²) in [5.74, 6) is 1.71. The minimum Gasteiger partial charge on any atom is -0.489 e. The van der Waals surface area contributed by atoms with Gasteiger partial charge >= 0.3 is 5.97 Å². The maximum Gasteiger partial charge on any atom is 0.339 e. The van der Waals surface area contributed by atoms with Crippen LogP contribution < -0.4 is 9.64 Å². The van der Waals surface area contributed by atoms with Gasteiger partial charge in [0.2, 0.25) is 0 Å². The number of hydrogen-bond acceptors (Lipinski definition) is 8. The molecular formula is C25H28N4O5. The summed E-state index contributed by atoms with van der Waals surface area (Å²) >= 11 is 0. The molecule has 1 fully saturated rings. The van der Waals surface area contributed by atoms with Crippen LogP contribution >= 0.6 is 0 Å². The highest BCUT2D eigenvalue weighted by Gasteiger charge is 2.23. The monoisotopic (exact) mass is 464 g/mol. The molecule has 1 aromatic carbocycles. The van der Waals surface area contributed by atoms with E-state index in [1.807, 2.05) is 36.9 Å². The van der Waals surface area contributed by atoms with Crippen molar-refractivity contribution in [1.82, 2.24) is 15.0 Å². The van der Waals surface area contributed by atoms with E-state index in [9.17, 15) is 9.59 Å². The number of aryl methyl sites for hydroxylation is 2. The van der Waals surface area contributed by atoms with Gasteiger partial charge in [0.1, 0.15) is 23.9 Å². The van der Waals surface area contributed by atoms with Crippen LogP contribution in [0.1, 0.15) is 44.7 Å². The molecular weight excluding hydrogens is 436 g/mol. The normalized spacial score (nSPS) is 13.6. The van der Waals surface area contributed by atoms with Crippen LogP contribution in [0.25, 0.3) is 0 Å². The predicted octanol–water partition coefficient (Wildman–Crippen LogP) is 3.40. The number of carbonyl (C=O) groups is 2. The summed E-state index contributed by atoms with van der Waals surface area (Å²) in [5, 5.41) is 3.94. The Morgan fingerprint density at radius 3 is 2.50 bits per heavy atom. The molecule has 2 aromatic heterocycles. The lowest BCUT2D eigenvalue weighted by Gasteiger charge is -2.35. The third-order valence-electron chi connectivity index (χ3n) is 5.80. The number of carbonyl (C=O) groups excluding carboxylic acids is 2. The number of ether oxygens (including phenoxy) is 2. The first kappa shape index (κ1) is 23.3. The van der Waals surface area contributed by atoms with Crippen molar-refractivity contribution in [3.05, 3.63) is 70.7 Å². The van der Waals surface area contributed by atoms with Gasteiger partial charge in [0.25, 0.3) is 5.91 Å². The van der Waals surface area contributed by atoms with Crippen LogP contribution in [0, 0.1) is 13.8 Å². The second-order valence-electron chi connectivity index (χ2n) is 8.02. The fraction of sp³-hybridized carbons (Fsp3) is 0.360. The second-order valence-corrected chi connectivity index (χ2v) is 8.02. The summed E-state index contributed by atoms with van der Waals surface area (Å²) in [6.07, 6.45) is 1.53. The number of esters is 1. The summed E-state index contributed by atoms with van der Waals surface area (Å²) in [6.45, 7) is 8.60. The standard InChI is InChI=1S/C25H28N4O5/c1-4-32-25(31)20-8-9-23(26-15-20)28-10-12-29(13-11-28)24(30)19-6-5-7-21(14-19)33-16-22-17(2)27-34-18(22)3/h5-9,14-15H,4,10-13,16H2,1-3H3. The number of anilines is 1. The van der Waals surface area contributed by atoms with Crippen molar-refractivity contribution in [3.63, 3.8) is 0 Å². The van der Waals surface area contributed by atoms with Crippen molar-refractivity contribution in [2.24, 2.45) is 0 Å². The Morgan fingerprint density at radius 2 is 1.85 bits per heavy atom. The van der Waals surface area contributed by atoms with Crippen LogP contribution in [0.5, 0.6) is 5.75 Å². The zero-order chi connectivity index (χ0) is 24.1. The molecule has 1 amide bonds. The third kappa shape index (κ3) is 5.19. The number of amides is 1. The number of pyridine rings is 1. The Balaban J connectivity index is 1.33. The van der Waals surface area contributed by atoms with Gasteiger partial charge in [-0.05, 0) is 51.1 Å². The highest BCUT2D eigenvalue weighted by Crippen LogP contribution is 2.21. The minimum absolute atomic E-state index is 0.0342. The number of hydrogen-bond donors (Lipinski definition) is 0. The molecule has 0 atom stereocenters. The Labute approximate surface area is 198 Å². The lowest BCUT2D eigenvalue weighted by molar-refractivity contribution is 0.0525. The number of nitrogens with zero attached hydrogens (tertiary/aromatic N) is 4. The van der Waals surface area contributed by atoms with Gasteiger partial charge in [0.15, 0.2) is 0 Å². The van der Waals surface area contributed by atoms with Crippen LogP contribution in [0.15, 0.2) is 47.1 Å². The minimum atomic E-state index is -0.380. The number of rotatable bonds is 7. The third-order valence-corrected chi connectivity index (χ3v) is 5.80. The second kappa shape index (κ2) is 10.4. The van der Waals surface area contributed by atoms with Gasteiger partial charge in [-0.3, -0.25) is 4.79 Å². The number of aromatic nitrogens is 2. The molecule has 0 unspecified atom stereocenters. The van der Waals surface area contributed by atoms with Crippen molar-refractivity contribution >= 4 is 17.7 Å². The largest absolute Gasteiger partial charge is 0.489 e. The van der Waals surface area contributed by atoms with E-state index in [1.165, 1.54) is 6.20 Å². The van der Waals surface area contributed by atoms with Crippen LogP contribution in [0.3, 0.4) is 0 Å². The van der Waals surface area contributed by atoms with E-state index in [4.69, 9.17) is 14.0 Å². The molecule has 0 N–H and O–H groups in total. The lowest BCUT2D eigenvalue weighted by Crippen LogP contribution is -2.49. The van der Waals surface area contributed by atoms with E-state index >= 15 is 0 Å². The van der Waals surface area contributed by atoms with Crippen LogP contribution in [-0.4, -0.2) is 59.7 Å². The molecule has 0 saturated carbocycles. The highest BCUT2D eigenvalue weighted by molar-refractivity contribution is 5.94. The molecule has 9 nitrogen and oxygen atoms in total. The number of benzene rings is 1. The van der Waals surface area contributed by atoms with Crippen molar-refractivity contribution in [1.29, 1.82) is 0 Å². The number of piperazine rings is 1. The van der Waals surface area contributed by atoms with Crippen molar-refractivity contribution in [2.45, 2.75) is 27.4 Å². The van der Waals surface area contributed by atoms with E-state index in [1.54, 1.807) is 25.1 Å². The van der Waals surface area contributed by atoms with E-state index in [0.717, 1.165) is 22.8 Å². The van der Waals surface area contributed by atoms with Crippen molar-refractivity contribution < 1.29 is 23.6 Å². The molecule has 3 heterocycles. The van der Waals surface area contributed by atoms with Gasteiger partial charge in [-0.2, -0.15) is 0 Å². The SMILES string of the molecule is CCOC(=O)c1ccc(N2CCN(C(=O)c3cccc(OCc4c(C)noc4C)c3)CC2)nc1. The van der Waals surface area contributed by atoms with Crippen molar-refractivity contribution in [2.75, 3.05) is 37.7 Å². The molecule has 0 radical (unpaired) electrons. The van der Waals surface area contributed by atoms with E-state index in [0.29, 0.717) is 56.3 Å². The zero-order valence-electron chi connectivity index (χ0n) is 19.6. The van der Waals surface area contributed by atoms with Gasteiger partial charge < -0.3 is 23.8 Å². The van der Waals surface area contributed by atoms with Gasteiger partial charge in [-0.15, -0.1) is 0 Å². The fourth-order valence-corrected chi connectivity index (χ4v) is 3.81. The average Bonchev–Trinajstić information content (AvgIpc) is 3.19. The first-order chi connectivity index (χ1) is 16.5. The lowest BCUT2D eigenvalue weighted by atomic mass is 10.1. The van der Waals surface area contributed by atoms with Gasteiger partial charge in [-0.1, -0.05) is 11.2 Å². The van der Waals surface area contributed by atoms with E-state index in [2.05, 4.69) is 15.0 Å². The molecule has 1 aliphatic heterocycles. The van der Waals surface area contributed by atoms with Gasteiger partial charge in [0, 0.05) is 37.9 Å². The maximum absolute atomic E-state index is 13.1. The summed E-state index contributed by atoms with van der Waals surface area (Å²) in [4.78, 5) is 33.2. The highest BCUT2D eigenvalue weighted by atomic mass is 16.5. The Bertz CT molecular complexity index is 1130. The molecule has 34 heavy (non-hydrogen) atoms. The smallest absolute Gasteiger partial charge is 0.339 e. The van der Waals surface area contributed by atoms with Crippen LogP contribution in [-0.2, 0) is 11.3 Å². The predicted molar refractivity (Wildman–Crippen MR) is 125 cm³/mol. The zero-order valence-corrected chi connectivity index (χ0v) is 19.6. The molecule has 178 valence electrons. The average molecular weight is 465 g/mol. The van der Waals surface area contributed by atoms with Crippen LogP contribution in [0.4, 0.5) is 5.82 Å². The Kier molecular flexibility index (Phi) is 7.10. The molecule has 9 heteroatoms. The molecule has 4 rings (SSSR count). The van der Waals surface area contributed by atoms with Gasteiger partial charge in [0.05, 0.1) is 23.4 Å². The molecule has 1 aliphatic rings. The molecule has 0 aliphatic carbocycles. The topological polar surface area (TPSA) is 98.0 Å². The van der Waals surface area contributed by atoms with E-state index in [-0.39, 0.29) is 11.9 Å². The van der Waals surface area contributed by atoms with Gasteiger partial charge in [-0.25, -0.2) is 9.78 Å². The summed E-state index contributed by atoms with van der Waals surface area (Å²) < 4.78 is 16.1.